The second-order valence-electron chi connectivity index (χ2n) is 4.90. The average Bonchev–Trinajstić information content (AvgIpc) is 2.62. The van der Waals surface area contributed by atoms with Crippen molar-refractivity contribution in [2.24, 2.45) is 15.8 Å². The maximum Gasteiger partial charge on any atom is 0.261 e. The molecular weight excluding hydrogens is 287 g/mol. The summed E-state index contributed by atoms with van der Waals surface area (Å²) in [7, 11) is 0. The van der Waals surface area contributed by atoms with Crippen molar-refractivity contribution in [2.75, 3.05) is 6.61 Å². The Labute approximate surface area is 118 Å². The highest BCUT2D eigenvalue weighted by molar-refractivity contribution is 5.91. The monoisotopic (exact) mass is 302 g/mol. The molecule has 0 amide bonds. The Hall–Kier alpha value is -1.91. The van der Waals surface area contributed by atoms with Gasteiger partial charge in [0.15, 0.2) is 6.23 Å². The Morgan fingerprint density at radius 1 is 1.67 bits per heavy atom. The fraction of sp³-hybridized carbons (Fsp3) is 0.700. The Bertz CT molecular complexity index is 538. The lowest BCUT2D eigenvalue weighted by molar-refractivity contribution is -0.223. The van der Waals surface area contributed by atoms with E-state index in [9.17, 15) is 14.6 Å². The van der Waals surface area contributed by atoms with Gasteiger partial charge in [0.1, 0.15) is 24.1 Å². The lowest BCUT2D eigenvalue weighted by atomic mass is 9.91. The maximum absolute atomic E-state index is 14.4. The van der Waals surface area contributed by atoms with Crippen molar-refractivity contribution in [3.63, 3.8) is 0 Å². The number of halogens is 1. The van der Waals surface area contributed by atoms with Crippen molar-refractivity contribution in [1.29, 1.82) is 0 Å². The number of alkyl halides is 1. The van der Waals surface area contributed by atoms with Gasteiger partial charge in [0.25, 0.3) is 5.85 Å². The second kappa shape index (κ2) is 5.13. The number of nitrogens with zero attached hydrogens (tertiary/aromatic N) is 5. The quantitative estimate of drug-likeness (QED) is 0.294. The predicted molar refractivity (Wildman–Crippen MR) is 68.0 cm³/mol. The fourth-order valence-corrected chi connectivity index (χ4v) is 2.31. The van der Waals surface area contributed by atoms with Gasteiger partial charge in [-0.3, -0.25) is 0 Å². The molecule has 2 aliphatic heterocycles. The number of hydrogen-bond donors (Lipinski definition) is 4. The molecule has 1 unspecified atom stereocenters. The van der Waals surface area contributed by atoms with Crippen molar-refractivity contribution in [2.45, 2.75) is 37.0 Å². The smallest absolute Gasteiger partial charge is 0.261 e. The Morgan fingerprint density at radius 3 is 2.86 bits per heavy atom. The number of aliphatic hydroxyl groups is 3. The molecule has 1 saturated heterocycles. The van der Waals surface area contributed by atoms with Gasteiger partial charge in [-0.2, -0.15) is 0 Å². The van der Waals surface area contributed by atoms with Gasteiger partial charge < -0.3 is 30.7 Å². The fourth-order valence-electron chi connectivity index (χ4n) is 2.31. The molecule has 5 N–H and O–H groups in total. The summed E-state index contributed by atoms with van der Waals surface area (Å²) in [6.07, 6.45) is -2.28. The van der Waals surface area contributed by atoms with Crippen molar-refractivity contribution >= 4 is 5.84 Å². The Kier molecular flexibility index (Phi) is 3.78. The summed E-state index contributed by atoms with van der Waals surface area (Å²) in [5.74, 6) is -2.80. The molecule has 0 aromatic carbocycles. The molecule has 2 rings (SSSR count). The lowest BCUT2D eigenvalue weighted by Crippen LogP contribution is -2.54. The van der Waals surface area contributed by atoms with Crippen LogP contribution in [0.2, 0.25) is 0 Å². The number of ether oxygens (including phenoxy) is 1. The first-order chi connectivity index (χ1) is 9.78. The number of rotatable bonds is 3. The molecule has 10 nitrogen and oxygen atoms in total. The normalized spacial score (nSPS) is 42.6. The van der Waals surface area contributed by atoms with E-state index < -0.39 is 36.7 Å². The molecule has 1 fully saturated rings. The standard InChI is InChI=1S/C10H15FN6O4/c1-9(15-16-13)6(19)10(11,4-18)21-7(9)17-3-2-5(12)14-8(17)20/h2-3,6-8,18-20H,4H2,1H3,(H2,12,14)/t6-,7+,8?,9+,10+/m0/s1. The first kappa shape index (κ1) is 15.5. The molecule has 0 bridgehead atoms. The lowest BCUT2D eigenvalue weighted by Gasteiger charge is -2.37. The summed E-state index contributed by atoms with van der Waals surface area (Å²) in [4.78, 5) is 7.23. The van der Waals surface area contributed by atoms with Gasteiger partial charge in [-0.1, -0.05) is 5.11 Å². The van der Waals surface area contributed by atoms with E-state index in [-0.39, 0.29) is 5.84 Å². The summed E-state index contributed by atoms with van der Waals surface area (Å²) >= 11 is 0. The topological polar surface area (TPSA) is 160 Å². The first-order valence-electron chi connectivity index (χ1n) is 5.97. The minimum Gasteiger partial charge on any atom is -0.390 e. The van der Waals surface area contributed by atoms with E-state index in [1.54, 1.807) is 0 Å². The summed E-state index contributed by atoms with van der Waals surface area (Å²) in [6.45, 7) is 0.0849. The summed E-state index contributed by atoms with van der Waals surface area (Å²) in [5, 5.41) is 32.3. The van der Waals surface area contributed by atoms with Gasteiger partial charge in [-0.05, 0) is 18.5 Å². The molecular formula is C10H15FN6O4. The second-order valence-corrected chi connectivity index (χ2v) is 4.90. The van der Waals surface area contributed by atoms with E-state index in [4.69, 9.17) is 21.1 Å². The van der Waals surface area contributed by atoms with E-state index in [0.29, 0.717) is 0 Å². The van der Waals surface area contributed by atoms with Gasteiger partial charge in [0.2, 0.25) is 6.35 Å². The number of amidine groups is 1. The molecule has 11 heteroatoms. The molecule has 21 heavy (non-hydrogen) atoms. The van der Waals surface area contributed by atoms with Crippen LogP contribution in [-0.2, 0) is 4.74 Å². The van der Waals surface area contributed by atoms with Crippen LogP contribution in [0.25, 0.3) is 10.4 Å². The van der Waals surface area contributed by atoms with Crippen LogP contribution < -0.4 is 5.73 Å². The zero-order valence-electron chi connectivity index (χ0n) is 11.0. The van der Waals surface area contributed by atoms with Gasteiger partial charge in [0.05, 0.1) is 0 Å². The summed E-state index contributed by atoms with van der Waals surface area (Å²) in [5.41, 5.74) is 12.2. The molecule has 0 aromatic heterocycles. The van der Waals surface area contributed by atoms with E-state index >= 15 is 0 Å². The van der Waals surface area contributed by atoms with Crippen LogP contribution in [0, 0.1) is 0 Å². The Balaban J connectivity index is 2.42. The summed E-state index contributed by atoms with van der Waals surface area (Å²) in [6, 6.07) is 0. The first-order valence-corrected chi connectivity index (χ1v) is 5.97. The highest BCUT2D eigenvalue weighted by Crippen LogP contribution is 2.44. The van der Waals surface area contributed by atoms with Crippen LogP contribution in [0.1, 0.15) is 6.92 Å². The molecule has 2 heterocycles. The minimum absolute atomic E-state index is 0.0384. The minimum atomic E-state index is -2.84. The predicted octanol–water partition coefficient (Wildman–Crippen LogP) is -1.11. The molecule has 0 aliphatic carbocycles. The highest BCUT2D eigenvalue weighted by Gasteiger charge is 2.64. The molecule has 2 aliphatic rings. The number of aliphatic hydroxyl groups excluding tert-OH is 3. The molecule has 116 valence electrons. The van der Waals surface area contributed by atoms with Crippen LogP contribution in [0.3, 0.4) is 0 Å². The largest absolute Gasteiger partial charge is 0.390 e. The Morgan fingerprint density at radius 2 is 2.33 bits per heavy atom. The van der Waals surface area contributed by atoms with E-state index in [1.165, 1.54) is 19.2 Å². The summed E-state index contributed by atoms with van der Waals surface area (Å²) < 4.78 is 19.4. The number of azide groups is 1. The molecule has 0 saturated carbocycles. The number of hydrogen-bond acceptors (Lipinski definition) is 8. The van der Waals surface area contributed by atoms with Crippen LogP contribution in [0.5, 0.6) is 0 Å². The third-order valence-corrected chi connectivity index (χ3v) is 3.46. The van der Waals surface area contributed by atoms with E-state index in [2.05, 4.69) is 15.0 Å². The SMILES string of the molecule is C[C@]1(N=[N+]=[N-])[C@H](N2C=CC(N)=NC2O)O[C@](F)(CO)[C@H]1O. The zero-order chi connectivity index (χ0) is 15.8. The molecule has 0 aromatic rings. The van der Waals surface area contributed by atoms with Crippen LogP contribution in [0.4, 0.5) is 4.39 Å². The van der Waals surface area contributed by atoms with Crippen LogP contribution >= 0.6 is 0 Å². The zero-order valence-corrected chi connectivity index (χ0v) is 11.0. The number of nitrogens with two attached hydrogens (primary N) is 1. The van der Waals surface area contributed by atoms with E-state index in [1.807, 2.05) is 0 Å². The van der Waals surface area contributed by atoms with Crippen molar-refractivity contribution in [1.82, 2.24) is 4.90 Å². The maximum atomic E-state index is 14.4. The highest BCUT2D eigenvalue weighted by atomic mass is 19.2. The van der Waals surface area contributed by atoms with Gasteiger partial charge in [-0.25, -0.2) is 9.38 Å². The van der Waals surface area contributed by atoms with Gasteiger partial charge in [-0.15, -0.1) is 0 Å². The van der Waals surface area contributed by atoms with Crippen molar-refractivity contribution in [3.05, 3.63) is 22.7 Å². The average molecular weight is 302 g/mol. The molecule has 0 radical (unpaired) electrons. The van der Waals surface area contributed by atoms with Crippen molar-refractivity contribution in [3.8, 4) is 0 Å². The van der Waals surface area contributed by atoms with E-state index in [0.717, 1.165) is 4.90 Å². The van der Waals surface area contributed by atoms with Crippen molar-refractivity contribution < 1.29 is 24.4 Å². The van der Waals surface area contributed by atoms with Crippen LogP contribution in [0.15, 0.2) is 22.4 Å². The number of aliphatic imine (C=N–C) groups is 1. The van der Waals surface area contributed by atoms with Crippen LogP contribution in [-0.4, -0.2) is 62.7 Å². The third kappa shape index (κ3) is 2.30. The molecule has 0 spiro atoms. The molecule has 5 atom stereocenters. The van der Waals surface area contributed by atoms with Gasteiger partial charge in [0, 0.05) is 11.1 Å². The van der Waals surface area contributed by atoms with Gasteiger partial charge >= 0.3 is 0 Å². The third-order valence-electron chi connectivity index (χ3n) is 3.46.